The third kappa shape index (κ3) is 3.25. The fourth-order valence-corrected chi connectivity index (χ4v) is 2.95. The van der Waals surface area contributed by atoms with Crippen molar-refractivity contribution in [1.82, 2.24) is 10.2 Å². The van der Waals surface area contributed by atoms with Crippen molar-refractivity contribution in [3.8, 4) is 5.75 Å². The first-order valence-corrected chi connectivity index (χ1v) is 7.19. The van der Waals surface area contributed by atoms with Gasteiger partial charge in [0.1, 0.15) is 5.75 Å². The van der Waals surface area contributed by atoms with Gasteiger partial charge in [-0.25, -0.2) is 0 Å². The van der Waals surface area contributed by atoms with Crippen molar-refractivity contribution in [1.29, 1.82) is 0 Å². The van der Waals surface area contributed by atoms with E-state index >= 15 is 0 Å². The number of hydrogen-bond acceptors (Lipinski definition) is 3. The molecule has 1 heterocycles. The molecule has 0 aromatic heterocycles. The molecule has 3 nitrogen and oxygen atoms in total. The molecule has 0 spiro atoms. The summed E-state index contributed by atoms with van der Waals surface area (Å²) in [6, 6.07) is 7.47. The smallest absolute Gasteiger partial charge is 0.133 e. The highest BCUT2D eigenvalue weighted by atomic mass is 79.9. The molecule has 0 radical (unpaired) electrons. The quantitative estimate of drug-likeness (QED) is 0.928. The lowest BCUT2D eigenvalue weighted by atomic mass is 10.1. The van der Waals surface area contributed by atoms with E-state index < -0.39 is 0 Å². The highest BCUT2D eigenvalue weighted by Gasteiger charge is 2.22. The fourth-order valence-electron chi connectivity index (χ4n) is 2.36. The molecule has 0 aliphatic carbocycles. The molecular formula is C14H21BrN2O. The van der Waals surface area contributed by atoms with E-state index in [2.05, 4.69) is 52.1 Å². The normalized spacial score (nSPS) is 25.1. The van der Waals surface area contributed by atoms with Gasteiger partial charge >= 0.3 is 0 Å². The number of ether oxygens (including phenoxy) is 1. The minimum Gasteiger partial charge on any atom is -0.496 e. The number of nitrogens with one attached hydrogen (secondary N) is 1. The van der Waals surface area contributed by atoms with Crippen LogP contribution in [0, 0.1) is 0 Å². The Balaban J connectivity index is 2.06. The summed E-state index contributed by atoms with van der Waals surface area (Å²) >= 11 is 3.54. The van der Waals surface area contributed by atoms with E-state index in [0.717, 1.165) is 29.9 Å². The Kier molecular flexibility index (Phi) is 4.65. The Labute approximate surface area is 118 Å². The van der Waals surface area contributed by atoms with Crippen LogP contribution in [0.25, 0.3) is 0 Å². The monoisotopic (exact) mass is 312 g/mol. The second-order valence-corrected chi connectivity index (χ2v) is 5.91. The predicted octanol–water partition coefficient (Wildman–Crippen LogP) is 2.64. The summed E-state index contributed by atoms with van der Waals surface area (Å²) < 4.78 is 6.28. The van der Waals surface area contributed by atoms with E-state index in [1.165, 1.54) is 5.56 Å². The molecule has 100 valence electrons. The van der Waals surface area contributed by atoms with Crippen molar-refractivity contribution in [2.75, 3.05) is 20.2 Å². The summed E-state index contributed by atoms with van der Waals surface area (Å²) in [5, 5.41) is 3.51. The largest absolute Gasteiger partial charge is 0.496 e. The zero-order valence-corrected chi connectivity index (χ0v) is 12.8. The van der Waals surface area contributed by atoms with Crippen molar-refractivity contribution >= 4 is 15.9 Å². The van der Waals surface area contributed by atoms with E-state index in [1.54, 1.807) is 7.11 Å². The first-order valence-electron chi connectivity index (χ1n) is 6.40. The van der Waals surface area contributed by atoms with Gasteiger partial charge in [0.15, 0.2) is 0 Å². The molecule has 0 bridgehead atoms. The predicted molar refractivity (Wildman–Crippen MR) is 78.0 cm³/mol. The minimum absolute atomic E-state index is 0.572. The Morgan fingerprint density at radius 1 is 1.44 bits per heavy atom. The van der Waals surface area contributed by atoms with E-state index in [1.807, 2.05) is 6.07 Å². The van der Waals surface area contributed by atoms with Gasteiger partial charge in [0.05, 0.1) is 11.6 Å². The molecule has 4 heteroatoms. The van der Waals surface area contributed by atoms with E-state index in [0.29, 0.717) is 12.1 Å². The number of benzene rings is 1. The number of hydrogen-bond donors (Lipinski definition) is 1. The molecule has 1 N–H and O–H groups in total. The minimum atomic E-state index is 0.572. The summed E-state index contributed by atoms with van der Waals surface area (Å²) in [5.74, 6) is 0.889. The van der Waals surface area contributed by atoms with Gasteiger partial charge in [-0.15, -0.1) is 0 Å². The SMILES string of the molecule is COc1ccc(CN2CC(C)NCC2C)cc1Br. The maximum absolute atomic E-state index is 5.26. The van der Waals surface area contributed by atoms with Crippen LogP contribution in [0.15, 0.2) is 22.7 Å². The van der Waals surface area contributed by atoms with Crippen LogP contribution in [0.3, 0.4) is 0 Å². The molecule has 0 saturated carbocycles. The van der Waals surface area contributed by atoms with Crippen molar-refractivity contribution in [3.05, 3.63) is 28.2 Å². The zero-order valence-electron chi connectivity index (χ0n) is 11.2. The molecule has 1 saturated heterocycles. The molecule has 1 aliphatic rings. The van der Waals surface area contributed by atoms with Gasteiger partial charge < -0.3 is 10.1 Å². The van der Waals surface area contributed by atoms with Crippen LogP contribution in [0.4, 0.5) is 0 Å². The molecular weight excluding hydrogens is 292 g/mol. The average molecular weight is 313 g/mol. The van der Waals surface area contributed by atoms with Gasteiger partial charge in [0.2, 0.25) is 0 Å². The molecule has 2 unspecified atom stereocenters. The van der Waals surface area contributed by atoms with Crippen LogP contribution in [0.2, 0.25) is 0 Å². The third-order valence-corrected chi connectivity index (χ3v) is 4.12. The van der Waals surface area contributed by atoms with Gasteiger partial charge in [-0.1, -0.05) is 6.07 Å². The van der Waals surface area contributed by atoms with Crippen LogP contribution in [0.1, 0.15) is 19.4 Å². The molecule has 2 rings (SSSR count). The molecule has 0 amide bonds. The standard InChI is InChI=1S/C14H21BrN2O/c1-10-8-17(11(2)7-16-10)9-12-4-5-14(18-3)13(15)6-12/h4-6,10-11,16H,7-9H2,1-3H3. The summed E-state index contributed by atoms with van der Waals surface area (Å²) in [7, 11) is 1.69. The average Bonchev–Trinajstić information content (AvgIpc) is 2.34. The molecule has 1 aromatic carbocycles. The second kappa shape index (κ2) is 6.04. The lowest BCUT2D eigenvalue weighted by Gasteiger charge is -2.37. The van der Waals surface area contributed by atoms with Crippen LogP contribution >= 0.6 is 15.9 Å². The summed E-state index contributed by atoms with van der Waals surface area (Å²) in [5.41, 5.74) is 1.32. The lowest BCUT2D eigenvalue weighted by Crippen LogP contribution is -2.53. The Bertz CT molecular complexity index is 411. The van der Waals surface area contributed by atoms with Gasteiger partial charge in [-0.3, -0.25) is 4.90 Å². The lowest BCUT2D eigenvalue weighted by molar-refractivity contribution is 0.139. The summed E-state index contributed by atoms with van der Waals surface area (Å²) in [6.45, 7) is 7.68. The van der Waals surface area contributed by atoms with Gasteiger partial charge in [-0.2, -0.15) is 0 Å². The van der Waals surface area contributed by atoms with E-state index in [-0.39, 0.29) is 0 Å². The summed E-state index contributed by atoms with van der Waals surface area (Å²) in [4.78, 5) is 2.52. The first kappa shape index (κ1) is 13.8. The van der Waals surface area contributed by atoms with E-state index in [4.69, 9.17) is 4.74 Å². The number of nitrogens with zero attached hydrogens (tertiary/aromatic N) is 1. The molecule has 1 aliphatic heterocycles. The zero-order chi connectivity index (χ0) is 13.1. The number of piperazine rings is 1. The van der Waals surface area contributed by atoms with Crippen molar-refractivity contribution in [2.24, 2.45) is 0 Å². The molecule has 1 fully saturated rings. The highest BCUT2D eigenvalue weighted by molar-refractivity contribution is 9.10. The van der Waals surface area contributed by atoms with Gasteiger partial charge in [0, 0.05) is 31.7 Å². The summed E-state index contributed by atoms with van der Waals surface area (Å²) in [6.07, 6.45) is 0. The molecule has 2 atom stereocenters. The topological polar surface area (TPSA) is 24.5 Å². The highest BCUT2D eigenvalue weighted by Crippen LogP contribution is 2.26. The Morgan fingerprint density at radius 2 is 2.22 bits per heavy atom. The van der Waals surface area contributed by atoms with E-state index in [9.17, 15) is 0 Å². The van der Waals surface area contributed by atoms with Gasteiger partial charge in [0.25, 0.3) is 0 Å². The number of methoxy groups -OCH3 is 1. The van der Waals surface area contributed by atoms with Crippen LogP contribution in [-0.4, -0.2) is 37.2 Å². The van der Waals surface area contributed by atoms with Crippen LogP contribution in [-0.2, 0) is 6.54 Å². The third-order valence-electron chi connectivity index (χ3n) is 3.50. The van der Waals surface area contributed by atoms with Gasteiger partial charge in [-0.05, 0) is 47.5 Å². The van der Waals surface area contributed by atoms with Crippen LogP contribution < -0.4 is 10.1 Å². The maximum atomic E-state index is 5.26. The van der Waals surface area contributed by atoms with Crippen molar-refractivity contribution < 1.29 is 4.74 Å². The fraction of sp³-hybridized carbons (Fsp3) is 0.571. The Hall–Kier alpha value is -0.580. The second-order valence-electron chi connectivity index (χ2n) is 5.06. The van der Waals surface area contributed by atoms with Crippen LogP contribution in [0.5, 0.6) is 5.75 Å². The van der Waals surface area contributed by atoms with Crippen molar-refractivity contribution in [3.63, 3.8) is 0 Å². The van der Waals surface area contributed by atoms with Crippen molar-refractivity contribution in [2.45, 2.75) is 32.5 Å². The Morgan fingerprint density at radius 3 is 2.89 bits per heavy atom. The first-order chi connectivity index (χ1) is 8.60. The maximum Gasteiger partial charge on any atom is 0.133 e. The molecule has 18 heavy (non-hydrogen) atoms. The number of halogens is 1. The molecule has 1 aromatic rings. The number of rotatable bonds is 3.